The van der Waals surface area contributed by atoms with Crippen molar-refractivity contribution in [1.29, 1.82) is 0 Å². The Balaban J connectivity index is 2.05. The summed E-state index contributed by atoms with van der Waals surface area (Å²) in [7, 11) is 0. The van der Waals surface area contributed by atoms with Gasteiger partial charge in [-0.2, -0.15) is 13.2 Å². The Bertz CT molecular complexity index is 572. The number of aliphatic hydroxyl groups is 1. The van der Waals surface area contributed by atoms with E-state index in [-0.39, 0.29) is 19.7 Å². The molecule has 2 aromatic rings. The maximum Gasteiger partial charge on any atom is 0.401 e. The number of nitrogens with zero attached hydrogens (tertiary/aromatic N) is 2. The minimum atomic E-state index is -4.25. The van der Waals surface area contributed by atoms with Gasteiger partial charge in [-0.05, 0) is 12.0 Å². The SMILES string of the molecule is OCCCN(Cc1ncc(-c2ccccc2)s1)CC(F)(F)F. The number of rotatable bonds is 7. The summed E-state index contributed by atoms with van der Waals surface area (Å²) in [6.07, 6.45) is -2.25. The largest absolute Gasteiger partial charge is 0.401 e. The third-order valence-electron chi connectivity index (χ3n) is 3.01. The smallest absolute Gasteiger partial charge is 0.396 e. The molecule has 1 aromatic heterocycles. The van der Waals surface area contributed by atoms with Crippen molar-refractivity contribution in [3.05, 3.63) is 41.5 Å². The Morgan fingerprint density at radius 1 is 1.18 bits per heavy atom. The molecule has 0 aliphatic carbocycles. The van der Waals surface area contributed by atoms with Crippen LogP contribution in [0.3, 0.4) is 0 Å². The number of benzene rings is 1. The highest BCUT2D eigenvalue weighted by Gasteiger charge is 2.30. The molecule has 0 saturated heterocycles. The lowest BCUT2D eigenvalue weighted by Crippen LogP contribution is -2.34. The fourth-order valence-electron chi connectivity index (χ4n) is 2.07. The van der Waals surface area contributed by atoms with Crippen LogP contribution in [0.2, 0.25) is 0 Å². The second kappa shape index (κ2) is 7.71. The van der Waals surface area contributed by atoms with E-state index >= 15 is 0 Å². The van der Waals surface area contributed by atoms with Gasteiger partial charge in [0.05, 0.1) is 18.0 Å². The van der Waals surface area contributed by atoms with Gasteiger partial charge in [0.25, 0.3) is 0 Å². The third kappa shape index (κ3) is 5.40. The number of aromatic nitrogens is 1. The van der Waals surface area contributed by atoms with Crippen LogP contribution in [0.1, 0.15) is 11.4 Å². The van der Waals surface area contributed by atoms with Crippen LogP contribution in [0.5, 0.6) is 0 Å². The van der Waals surface area contributed by atoms with Gasteiger partial charge in [-0.3, -0.25) is 4.90 Å². The summed E-state index contributed by atoms with van der Waals surface area (Å²) in [5.74, 6) is 0. The van der Waals surface area contributed by atoms with E-state index in [0.29, 0.717) is 11.4 Å². The van der Waals surface area contributed by atoms with E-state index in [9.17, 15) is 13.2 Å². The van der Waals surface area contributed by atoms with E-state index in [0.717, 1.165) is 10.4 Å². The average Bonchev–Trinajstić information content (AvgIpc) is 2.93. The van der Waals surface area contributed by atoms with Crippen LogP contribution in [0.4, 0.5) is 13.2 Å². The van der Waals surface area contributed by atoms with Crippen LogP contribution in [0.15, 0.2) is 36.5 Å². The van der Waals surface area contributed by atoms with Gasteiger partial charge in [-0.1, -0.05) is 30.3 Å². The molecule has 2 rings (SSSR count). The van der Waals surface area contributed by atoms with Gasteiger partial charge in [-0.25, -0.2) is 4.98 Å². The lowest BCUT2D eigenvalue weighted by molar-refractivity contribution is -0.147. The standard InChI is InChI=1S/C15H17F3N2OS/c16-15(17,18)11-20(7-4-8-21)10-14-19-9-13(22-14)12-5-2-1-3-6-12/h1-3,5-6,9,21H,4,7-8,10-11H2. The second-order valence-electron chi connectivity index (χ2n) is 4.89. The molecule has 0 fully saturated rings. The molecule has 0 spiro atoms. The van der Waals surface area contributed by atoms with Gasteiger partial charge in [0.15, 0.2) is 0 Å². The highest BCUT2D eigenvalue weighted by Crippen LogP contribution is 2.27. The quantitative estimate of drug-likeness (QED) is 0.843. The average molecular weight is 330 g/mol. The van der Waals surface area contributed by atoms with Gasteiger partial charge in [0, 0.05) is 19.3 Å². The van der Waals surface area contributed by atoms with Crippen LogP contribution in [-0.4, -0.2) is 40.9 Å². The van der Waals surface area contributed by atoms with E-state index in [1.807, 2.05) is 30.3 Å². The van der Waals surface area contributed by atoms with Crippen molar-refractivity contribution in [2.24, 2.45) is 0 Å². The molecular weight excluding hydrogens is 313 g/mol. The van der Waals surface area contributed by atoms with Gasteiger partial charge < -0.3 is 5.11 Å². The first-order valence-corrected chi connectivity index (χ1v) is 7.69. The molecule has 120 valence electrons. The number of hydrogen-bond acceptors (Lipinski definition) is 4. The van der Waals surface area contributed by atoms with E-state index in [2.05, 4.69) is 4.98 Å². The Labute approximate surface area is 131 Å². The summed E-state index contributed by atoms with van der Waals surface area (Å²) < 4.78 is 37.8. The fourth-order valence-corrected chi connectivity index (χ4v) is 3.04. The molecule has 0 saturated carbocycles. The zero-order valence-corrected chi connectivity index (χ0v) is 12.7. The third-order valence-corrected chi connectivity index (χ3v) is 4.04. The number of thiazole rings is 1. The highest BCUT2D eigenvalue weighted by molar-refractivity contribution is 7.15. The molecule has 7 heteroatoms. The summed E-state index contributed by atoms with van der Waals surface area (Å²) in [5.41, 5.74) is 1.00. The maximum absolute atomic E-state index is 12.6. The molecule has 0 radical (unpaired) electrons. The summed E-state index contributed by atoms with van der Waals surface area (Å²) in [5, 5.41) is 9.45. The molecule has 22 heavy (non-hydrogen) atoms. The van der Waals surface area contributed by atoms with Crippen molar-refractivity contribution in [1.82, 2.24) is 9.88 Å². The molecule has 0 aliphatic rings. The molecule has 0 unspecified atom stereocenters. The number of hydrogen-bond donors (Lipinski definition) is 1. The minimum absolute atomic E-state index is 0.124. The number of aliphatic hydroxyl groups excluding tert-OH is 1. The Hall–Kier alpha value is -1.44. The first kappa shape index (κ1) is 16.9. The lowest BCUT2D eigenvalue weighted by Gasteiger charge is -2.22. The van der Waals surface area contributed by atoms with E-state index in [1.54, 1.807) is 6.20 Å². The predicted octanol–water partition coefficient (Wildman–Crippen LogP) is 3.56. The normalized spacial score (nSPS) is 12.0. The topological polar surface area (TPSA) is 36.4 Å². The summed E-state index contributed by atoms with van der Waals surface area (Å²) in [4.78, 5) is 6.42. The van der Waals surface area contributed by atoms with Crippen LogP contribution in [-0.2, 0) is 6.54 Å². The van der Waals surface area contributed by atoms with Gasteiger partial charge >= 0.3 is 6.18 Å². The van der Waals surface area contributed by atoms with E-state index in [1.165, 1.54) is 16.2 Å². The Kier molecular flexibility index (Phi) is 5.93. The zero-order valence-electron chi connectivity index (χ0n) is 11.9. The maximum atomic E-state index is 12.6. The van der Waals surface area contributed by atoms with Crippen LogP contribution in [0, 0.1) is 0 Å². The van der Waals surface area contributed by atoms with Crippen molar-refractivity contribution in [3.63, 3.8) is 0 Å². The Morgan fingerprint density at radius 3 is 2.55 bits per heavy atom. The Morgan fingerprint density at radius 2 is 1.91 bits per heavy atom. The van der Waals surface area contributed by atoms with Crippen molar-refractivity contribution < 1.29 is 18.3 Å². The molecule has 0 amide bonds. The molecule has 1 aromatic carbocycles. The second-order valence-corrected chi connectivity index (χ2v) is 6.00. The van der Waals surface area contributed by atoms with Gasteiger partial charge in [0.1, 0.15) is 5.01 Å². The molecule has 0 atom stereocenters. The van der Waals surface area contributed by atoms with Crippen LogP contribution < -0.4 is 0 Å². The molecule has 0 bridgehead atoms. The van der Waals surface area contributed by atoms with Crippen molar-refractivity contribution in [2.45, 2.75) is 19.1 Å². The summed E-state index contributed by atoms with van der Waals surface area (Å²) in [6, 6.07) is 9.61. The first-order chi connectivity index (χ1) is 10.5. The van der Waals surface area contributed by atoms with Crippen LogP contribution in [0.25, 0.3) is 10.4 Å². The molecule has 1 N–H and O–H groups in total. The number of halogens is 3. The van der Waals surface area contributed by atoms with Gasteiger partial charge in [0.2, 0.25) is 0 Å². The first-order valence-electron chi connectivity index (χ1n) is 6.88. The zero-order chi connectivity index (χ0) is 16.0. The molecular formula is C15H17F3N2OS. The summed E-state index contributed by atoms with van der Waals surface area (Å²) in [6.45, 7) is -0.790. The minimum Gasteiger partial charge on any atom is -0.396 e. The van der Waals surface area contributed by atoms with E-state index in [4.69, 9.17) is 5.11 Å². The molecule has 1 heterocycles. The predicted molar refractivity (Wildman–Crippen MR) is 80.6 cm³/mol. The molecule has 0 aliphatic heterocycles. The number of alkyl halides is 3. The van der Waals surface area contributed by atoms with Gasteiger partial charge in [-0.15, -0.1) is 11.3 Å². The fraction of sp³-hybridized carbons (Fsp3) is 0.400. The lowest BCUT2D eigenvalue weighted by atomic mass is 10.2. The monoisotopic (exact) mass is 330 g/mol. The van der Waals surface area contributed by atoms with Crippen molar-refractivity contribution >= 4 is 11.3 Å². The van der Waals surface area contributed by atoms with Crippen molar-refractivity contribution in [2.75, 3.05) is 19.7 Å². The van der Waals surface area contributed by atoms with Crippen LogP contribution >= 0.6 is 11.3 Å². The van der Waals surface area contributed by atoms with E-state index < -0.39 is 12.7 Å². The highest BCUT2D eigenvalue weighted by atomic mass is 32.1. The molecule has 3 nitrogen and oxygen atoms in total. The summed E-state index contributed by atoms with van der Waals surface area (Å²) >= 11 is 1.39. The van der Waals surface area contributed by atoms with Crippen molar-refractivity contribution in [3.8, 4) is 10.4 Å².